The SMILES string of the molecule is CC(C)c1ccc(CN(C(=O)[C@H]2CNC[C@@H]2c2cnn(C)c2)C2CC2)cc1.Cl. The summed E-state index contributed by atoms with van der Waals surface area (Å²) in [5.74, 6) is 1.05. The maximum Gasteiger partial charge on any atom is 0.228 e. The molecule has 4 rings (SSSR count). The van der Waals surface area contributed by atoms with Crippen LogP contribution in [-0.4, -0.2) is 39.7 Å². The lowest BCUT2D eigenvalue weighted by Crippen LogP contribution is -2.39. The predicted molar refractivity (Wildman–Crippen MR) is 114 cm³/mol. The molecule has 1 aromatic heterocycles. The van der Waals surface area contributed by atoms with E-state index in [2.05, 4.69) is 53.4 Å². The minimum atomic E-state index is 0. The van der Waals surface area contributed by atoms with Gasteiger partial charge in [0.1, 0.15) is 0 Å². The second-order valence-electron chi connectivity index (χ2n) is 8.41. The molecule has 152 valence electrons. The Morgan fingerprint density at radius 3 is 2.54 bits per heavy atom. The van der Waals surface area contributed by atoms with Crippen molar-refractivity contribution in [2.75, 3.05) is 13.1 Å². The molecule has 6 heteroatoms. The molecule has 1 aliphatic carbocycles. The number of aromatic nitrogens is 2. The van der Waals surface area contributed by atoms with Gasteiger partial charge in [0, 0.05) is 44.8 Å². The standard InChI is InChI=1S/C22H30N4O.ClH/c1-15(2)17-6-4-16(5-7-17)13-26(19-8-9-19)22(27)21-12-23-11-20(21)18-10-24-25(3)14-18;/h4-7,10,14-15,19-21,23H,8-9,11-13H2,1-3H3;1H/t20-,21+;/m1./s1. The molecule has 2 heterocycles. The number of carbonyl (C=O) groups is 1. The highest BCUT2D eigenvalue weighted by molar-refractivity contribution is 5.85. The molecular formula is C22H31ClN4O. The lowest BCUT2D eigenvalue weighted by atomic mass is 9.89. The Hall–Kier alpha value is -1.85. The van der Waals surface area contributed by atoms with Crippen molar-refractivity contribution in [3.05, 3.63) is 53.3 Å². The van der Waals surface area contributed by atoms with Gasteiger partial charge in [-0.05, 0) is 35.4 Å². The Morgan fingerprint density at radius 2 is 1.96 bits per heavy atom. The zero-order valence-electron chi connectivity index (χ0n) is 17.0. The van der Waals surface area contributed by atoms with Crippen LogP contribution in [0, 0.1) is 5.92 Å². The van der Waals surface area contributed by atoms with E-state index in [0.29, 0.717) is 17.9 Å². The molecule has 0 unspecified atom stereocenters. The van der Waals surface area contributed by atoms with E-state index in [1.165, 1.54) is 11.1 Å². The molecule has 28 heavy (non-hydrogen) atoms. The summed E-state index contributed by atoms with van der Waals surface area (Å²) in [7, 11) is 1.93. The summed E-state index contributed by atoms with van der Waals surface area (Å²) in [6.07, 6.45) is 6.22. The van der Waals surface area contributed by atoms with E-state index >= 15 is 0 Å². The number of carbonyl (C=O) groups excluding carboxylic acids is 1. The number of nitrogens with zero attached hydrogens (tertiary/aromatic N) is 3. The quantitative estimate of drug-likeness (QED) is 0.804. The fourth-order valence-electron chi connectivity index (χ4n) is 4.11. The van der Waals surface area contributed by atoms with Crippen LogP contribution in [0.15, 0.2) is 36.7 Å². The lowest BCUT2D eigenvalue weighted by Gasteiger charge is -2.28. The molecule has 1 aromatic carbocycles. The fourth-order valence-corrected chi connectivity index (χ4v) is 4.11. The maximum atomic E-state index is 13.5. The van der Waals surface area contributed by atoms with Crippen LogP contribution in [0.5, 0.6) is 0 Å². The van der Waals surface area contributed by atoms with E-state index in [1.807, 2.05) is 24.1 Å². The van der Waals surface area contributed by atoms with Gasteiger partial charge in [-0.25, -0.2) is 0 Å². The molecule has 2 fully saturated rings. The molecule has 1 N–H and O–H groups in total. The van der Waals surface area contributed by atoms with Crippen molar-refractivity contribution in [1.29, 1.82) is 0 Å². The van der Waals surface area contributed by atoms with Crippen LogP contribution in [-0.2, 0) is 18.4 Å². The van der Waals surface area contributed by atoms with E-state index in [0.717, 1.165) is 38.0 Å². The summed E-state index contributed by atoms with van der Waals surface area (Å²) in [6, 6.07) is 9.18. The van der Waals surface area contributed by atoms with Gasteiger partial charge in [-0.15, -0.1) is 12.4 Å². The van der Waals surface area contributed by atoms with Crippen molar-refractivity contribution in [2.45, 2.75) is 51.1 Å². The van der Waals surface area contributed by atoms with E-state index in [9.17, 15) is 4.79 Å². The molecule has 1 amide bonds. The van der Waals surface area contributed by atoms with Crippen molar-refractivity contribution in [3.63, 3.8) is 0 Å². The third-order valence-electron chi connectivity index (χ3n) is 5.95. The number of amides is 1. The van der Waals surface area contributed by atoms with Gasteiger partial charge >= 0.3 is 0 Å². The molecular weight excluding hydrogens is 372 g/mol. The first-order chi connectivity index (χ1) is 13.0. The van der Waals surface area contributed by atoms with Gasteiger partial charge in [0.2, 0.25) is 5.91 Å². The molecule has 1 saturated heterocycles. The summed E-state index contributed by atoms with van der Waals surface area (Å²) in [6.45, 7) is 6.75. The van der Waals surface area contributed by atoms with Crippen LogP contribution in [0.25, 0.3) is 0 Å². The molecule has 1 saturated carbocycles. The Balaban J connectivity index is 0.00000225. The Bertz CT molecular complexity index is 797. The topological polar surface area (TPSA) is 50.2 Å². The second-order valence-corrected chi connectivity index (χ2v) is 8.41. The minimum Gasteiger partial charge on any atom is -0.335 e. The summed E-state index contributed by atoms with van der Waals surface area (Å²) in [5, 5.41) is 7.73. The highest BCUT2D eigenvalue weighted by atomic mass is 35.5. The average molecular weight is 403 g/mol. The molecule has 2 aliphatic rings. The number of halogens is 1. The fraction of sp³-hybridized carbons (Fsp3) is 0.545. The summed E-state index contributed by atoms with van der Waals surface area (Å²) in [4.78, 5) is 15.6. The van der Waals surface area contributed by atoms with Crippen molar-refractivity contribution >= 4 is 18.3 Å². The summed E-state index contributed by atoms with van der Waals surface area (Å²) < 4.78 is 1.82. The average Bonchev–Trinajstić information content (AvgIpc) is 3.21. The number of aryl methyl sites for hydroxylation is 1. The Morgan fingerprint density at radius 1 is 1.25 bits per heavy atom. The monoisotopic (exact) mass is 402 g/mol. The van der Waals surface area contributed by atoms with Gasteiger partial charge in [-0.2, -0.15) is 5.10 Å². The highest BCUT2D eigenvalue weighted by Crippen LogP contribution is 2.35. The number of nitrogens with one attached hydrogen (secondary N) is 1. The van der Waals surface area contributed by atoms with Crippen molar-refractivity contribution < 1.29 is 4.79 Å². The van der Waals surface area contributed by atoms with E-state index in [-0.39, 0.29) is 24.2 Å². The van der Waals surface area contributed by atoms with Crippen molar-refractivity contribution in [2.24, 2.45) is 13.0 Å². The maximum absolute atomic E-state index is 13.5. The molecule has 5 nitrogen and oxygen atoms in total. The van der Waals surface area contributed by atoms with Gasteiger partial charge < -0.3 is 10.2 Å². The first kappa shape index (κ1) is 20.9. The van der Waals surface area contributed by atoms with Crippen LogP contribution in [0.2, 0.25) is 0 Å². The first-order valence-electron chi connectivity index (χ1n) is 10.1. The zero-order chi connectivity index (χ0) is 19.0. The molecule has 0 radical (unpaired) electrons. The predicted octanol–water partition coefficient (Wildman–Crippen LogP) is 3.46. The van der Waals surface area contributed by atoms with Crippen LogP contribution in [0.4, 0.5) is 0 Å². The van der Waals surface area contributed by atoms with E-state index < -0.39 is 0 Å². The number of benzene rings is 1. The van der Waals surface area contributed by atoms with Gasteiger partial charge in [0.05, 0.1) is 12.1 Å². The molecule has 0 spiro atoms. The van der Waals surface area contributed by atoms with E-state index in [1.54, 1.807) is 0 Å². The number of hydrogen-bond donors (Lipinski definition) is 1. The number of rotatable bonds is 6. The smallest absolute Gasteiger partial charge is 0.228 e. The van der Waals surface area contributed by atoms with Crippen LogP contribution in [0.1, 0.15) is 55.2 Å². The van der Waals surface area contributed by atoms with Gasteiger partial charge in [-0.3, -0.25) is 9.48 Å². The van der Waals surface area contributed by atoms with Crippen LogP contribution >= 0.6 is 12.4 Å². The Kier molecular flexibility index (Phi) is 6.46. The largest absolute Gasteiger partial charge is 0.335 e. The zero-order valence-corrected chi connectivity index (χ0v) is 17.8. The van der Waals surface area contributed by atoms with Gasteiger partial charge in [-0.1, -0.05) is 38.1 Å². The van der Waals surface area contributed by atoms with Crippen molar-refractivity contribution in [1.82, 2.24) is 20.0 Å². The number of hydrogen-bond acceptors (Lipinski definition) is 3. The summed E-state index contributed by atoms with van der Waals surface area (Å²) in [5.41, 5.74) is 3.74. The van der Waals surface area contributed by atoms with Crippen LogP contribution in [0.3, 0.4) is 0 Å². The second kappa shape index (κ2) is 8.66. The molecule has 0 bridgehead atoms. The normalized spacial score (nSPS) is 21.6. The third kappa shape index (κ3) is 4.41. The highest BCUT2D eigenvalue weighted by Gasteiger charge is 2.41. The lowest BCUT2D eigenvalue weighted by molar-refractivity contribution is -0.136. The molecule has 1 aliphatic heterocycles. The summed E-state index contributed by atoms with van der Waals surface area (Å²) >= 11 is 0. The molecule has 2 atom stereocenters. The van der Waals surface area contributed by atoms with Gasteiger partial charge in [0.15, 0.2) is 0 Å². The van der Waals surface area contributed by atoms with E-state index in [4.69, 9.17) is 0 Å². The molecule has 2 aromatic rings. The minimum absolute atomic E-state index is 0. The third-order valence-corrected chi connectivity index (χ3v) is 5.95. The van der Waals surface area contributed by atoms with Crippen molar-refractivity contribution in [3.8, 4) is 0 Å². The first-order valence-corrected chi connectivity index (χ1v) is 10.1. The van der Waals surface area contributed by atoms with Gasteiger partial charge in [0.25, 0.3) is 0 Å². The Labute approximate surface area is 173 Å². The van der Waals surface area contributed by atoms with Crippen LogP contribution < -0.4 is 5.32 Å².